The lowest BCUT2D eigenvalue weighted by atomic mass is 10.2. The molecule has 3 heteroatoms. The molecule has 11 heavy (non-hydrogen) atoms. The van der Waals surface area contributed by atoms with E-state index in [0.717, 1.165) is 10.6 Å². The van der Waals surface area contributed by atoms with Gasteiger partial charge in [-0.3, -0.25) is 4.98 Å². The number of aryl methyl sites for hydroxylation is 1. The highest BCUT2D eigenvalue weighted by Gasteiger charge is 1.99. The number of nitrogens with two attached hydrogens (primary N) is 1. The highest BCUT2D eigenvalue weighted by molar-refractivity contribution is 7.98. The van der Waals surface area contributed by atoms with Gasteiger partial charge in [0.15, 0.2) is 0 Å². The quantitative estimate of drug-likeness (QED) is 0.685. The minimum atomic E-state index is -1.81. The number of hydrogen-bond donors (Lipinski definition) is 1. The van der Waals surface area contributed by atoms with Crippen LogP contribution in [0.2, 0.25) is 0 Å². The van der Waals surface area contributed by atoms with Crippen LogP contribution < -0.4 is 5.73 Å². The summed E-state index contributed by atoms with van der Waals surface area (Å²) < 4.78 is 14.8. The Balaban J connectivity index is 3.22. The summed E-state index contributed by atoms with van der Waals surface area (Å²) in [6.45, 7) is 0.0641. The molecule has 1 aromatic heterocycles. The first kappa shape index (κ1) is 6.03. The summed E-state index contributed by atoms with van der Waals surface area (Å²) in [7, 11) is 0. The van der Waals surface area contributed by atoms with Gasteiger partial charge >= 0.3 is 0 Å². The lowest BCUT2D eigenvalue weighted by molar-refractivity contribution is 0.985. The molecule has 0 unspecified atom stereocenters. The molecule has 0 aromatic carbocycles. The Bertz CT molecular complexity index is 310. The van der Waals surface area contributed by atoms with E-state index in [4.69, 9.17) is 8.48 Å². The zero-order valence-electron chi connectivity index (χ0n) is 8.59. The first-order valence-electron chi connectivity index (χ1n) is 4.25. The minimum absolute atomic E-state index is 0.450. The molecular weight excluding hydrogens is 156 g/mol. The third-order valence-electron chi connectivity index (χ3n) is 1.38. The molecular formula is C8H12N2S. The summed E-state index contributed by atoms with van der Waals surface area (Å²) in [6, 6.07) is 1.84. The van der Waals surface area contributed by atoms with Crippen LogP contribution in [0.3, 0.4) is 0 Å². The molecule has 0 radical (unpaired) electrons. The van der Waals surface area contributed by atoms with Crippen molar-refractivity contribution in [3.8, 4) is 0 Å². The monoisotopic (exact) mass is 170 g/mol. The maximum absolute atomic E-state index is 7.38. The van der Waals surface area contributed by atoms with E-state index in [9.17, 15) is 0 Å². The normalized spacial score (nSPS) is 14.1. The SMILES string of the molecule is [2H]C([2H])(N)c1cnc(C)cc1SC. The number of aromatic nitrogens is 1. The number of hydrogen-bond acceptors (Lipinski definition) is 3. The van der Waals surface area contributed by atoms with Gasteiger partial charge in [-0.05, 0) is 24.8 Å². The number of pyridine rings is 1. The lowest BCUT2D eigenvalue weighted by Gasteiger charge is -2.03. The molecule has 1 heterocycles. The van der Waals surface area contributed by atoms with E-state index in [-0.39, 0.29) is 0 Å². The summed E-state index contributed by atoms with van der Waals surface area (Å²) in [4.78, 5) is 4.87. The second-order valence-corrected chi connectivity index (χ2v) is 3.02. The summed E-state index contributed by atoms with van der Waals surface area (Å²) in [5.41, 5.74) is 6.69. The van der Waals surface area contributed by atoms with Crippen molar-refractivity contribution in [3.63, 3.8) is 0 Å². The molecule has 0 spiro atoms. The van der Waals surface area contributed by atoms with Crippen LogP contribution in [0, 0.1) is 6.92 Å². The van der Waals surface area contributed by atoms with Crippen LogP contribution in [0.4, 0.5) is 0 Å². The van der Waals surface area contributed by atoms with Crippen molar-refractivity contribution in [3.05, 3.63) is 23.5 Å². The van der Waals surface area contributed by atoms with Crippen LogP contribution in [0.15, 0.2) is 17.2 Å². The average Bonchev–Trinajstić information content (AvgIpc) is 2.01. The van der Waals surface area contributed by atoms with Crippen LogP contribution in [0.25, 0.3) is 0 Å². The molecule has 0 bridgehead atoms. The molecule has 60 valence electrons. The maximum atomic E-state index is 7.38. The van der Waals surface area contributed by atoms with Crippen molar-refractivity contribution in [2.24, 2.45) is 5.73 Å². The molecule has 0 aliphatic carbocycles. The van der Waals surface area contributed by atoms with Crippen LogP contribution in [0.5, 0.6) is 0 Å². The molecule has 2 nitrogen and oxygen atoms in total. The summed E-state index contributed by atoms with van der Waals surface area (Å²) in [5.74, 6) is 0. The first-order chi connectivity index (χ1) is 5.95. The number of thioether (sulfide) groups is 1. The number of nitrogens with zero attached hydrogens (tertiary/aromatic N) is 1. The van der Waals surface area contributed by atoms with E-state index >= 15 is 0 Å². The average molecular weight is 170 g/mol. The van der Waals surface area contributed by atoms with Gasteiger partial charge in [-0.25, -0.2) is 0 Å². The highest BCUT2D eigenvalue weighted by atomic mass is 32.2. The third-order valence-corrected chi connectivity index (χ3v) is 2.16. The van der Waals surface area contributed by atoms with Crippen molar-refractivity contribution in [1.29, 1.82) is 0 Å². The largest absolute Gasteiger partial charge is 0.326 e. The zero-order valence-corrected chi connectivity index (χ0v) is 7.40. The Morgan fingerprint density at radius 1 is 1.82 bits per heavy atom. The van der Waals surface area contributed by atoms with Gasteiger partial charge in [0.05, 0.1) is 0 Å². The van der Waals surface area contributed by atoms with E-state index in [0.29, 0.717) is 5.56 Å². The maximum Gasteiger partial charge on any atom is 0.0478 e. The molecule has 0 fully saturated rings. The molecule has 1 rings (SSSR count). The van der Waals surface area contributed by atoms with Gasteiger partial charge < -0.3 is 5.73 Å². The molecule has 1 aromatic rings. The third kappa shape index (κ3) is 1.94. The lowest BCUT2D eigenvalue weighted by Crippen LogP contribution is -1.99. The predicted molar refractivity (Wildman–Crippen MR) is 48.6 cm³/mol. The molecule has 0 amide bonds. The van der Waals surface area contributed by atoms with E-state index in [2.05, 4.69) is 4.98 Å². The second-order valence-electron chi connectivity index (χ2n) is 2.17. The fourth-order valence-corrected chi connectivity index (χ4v) is 1.43. The van der Waals surface area contributed by atoms with Crippen molar-refractivity contribution in [2.75, 3.05) is 6.26 Å². The van der Waals surface area contributed by atoms with Crippen molar-refractivity contribution in [2.45, 2.75) is 18.3 Å². The van der Waals surface area contributed by atoms with Crippen LogP contribution in [0.1, 0.15) is 14.0 Å². The molecule has 0 aliphatic heterocycles. The highest BCUT2D eigenvalue weighted by Crippen LogP contribution is 2.19. The summed E-state index contributed by atoms with van der Waals surface area (Å²) >= 11 is 1.48. The molecule has 2 N–H and O–H groups in total. The van der Waals surface area contributed by atoms with Gasteiger partial charge in [-0.15, -0.1) is 11.8 Å². The molecule has 0 saturated heterocycles. The Morgan fingerprint density at radius 2 is 2.55 bits per heavy atom. The van der Waals surface area contributed by atoms with E-state index in [1.807, 2.05) is 19.2 Å². The van der Waals surface area contributed by atoms with Gasteiger partial charge in [0.25, 0.3) is 0 Å². The van der Waals surface area contributed by atoms with Gasteiger partial charge in [-0.1, -0.05) is 0 Å². The van der Waals surface area contributed by atoms with E-state index < -0.39 is 6.50 Å². The van der Waals surface area contributed by atoms with Crippen molar-refractivity contribution in [1.82, 2.24) is 4.98 Å². The molecule has 0 aliphatic rings. The Morgan fingerprint density at radius 3 is 3.09 bits per heavy atom. The minimum Gasteiger partial charge on any atom is -0.326 e. The van der Waals surface area contributed by atoms with Gasteiger partial charge in [-0.2, -0.15) is 0 Å². The van der Waals surface area contributed by atoms with E-state index in [1.165, 1.54) is 18.0 Å². The number of rotatable bonds is 2. The Labute approximate surface area is 74.0 Å². The summed E-state index contributed by atoms with van der Waals surface area (Å²) in [6.07, 6.45) is 3.39. The predicted octanol–water partition coefficient (Wildman–Crippen LogP) is 1.57. The van der Waals surface area contributed by atoms with Gasteiger partial charge in [0.1, 0.15) is 0 Å². The molecule has 0 atom stereocenters. The van der Waals surface area contributed by atoms with Gasteiger partial charge in [0.2, 0.25) is 0 Å². The Hall–Kier alpha value is -0.540. The van der Waals surface area contributed by atoms with Crippen LogP contribution >= 0.6 is 11.8 Å². The fraction of sp³-hybridized carbons (Fsp3) is 0.375. The fourth-order valence-electron chi connectivity index (χ4n) is 0.812. The van der Waals surface area contributed by atoms with Crippen molar-refractivity contribution >= 4 is 11.8 Å². The topological polar surface area (TPSA) is 38.9 Å². The van der Waals surface area contributed by atoms with Gasteiger partial charge in [0, 0.05) is 26.0 Å². The molecule has 0 saturated carbocycles. The summed E-state index contributed by atoms with van der Waals surface area (Å²) in [5, 5.41) is 0. The standard InChI is InChI=1S/C8H12N2S/c1-6-3-8(11-2)7(4-9)5-10-6/h3,5H,4,9H2,1-2H3/i4D2. The van der Waals surface area contributed by atoms with Crippen LogP contribution in [-0.2, 0) is 6.50 Å². The van der Waals surface area contributed by atoms with Crippen LogP contribution in [-0.4, -0.2) is 11.2 Å². The Kier molecular flexibility index (Phi) is 2.05. The van der Waals surface area contributed by atoms with E-state index in [1.54, 1.807) is 0 Å². The zero-order chi connectivity index (χ0) is 10.1. The second kappa shape index (κ2) is 3.74. The first-order valence-corrected chi connectivity index (χ1v) is 4.47. The van der Waals surface area contributed by atoms with Crippen molar-refractivity contribution < 1.29 is 2.74 Å². The smallest absolute Gasteiger partial charge is 0.0478 e.